The first kappa shape index (κ1) is 12.9. The Morgan fingerprint density at radius 2 is 2.00 bits per heavy atom. The number of carbonyl (C=O) groups is 1. The van der Waals surface area contributed by atoms with Crippen molar-refractivity contribution in [2.24, 2.45) is 17.8 Å². The Labute approximate surface area is 105 Å². The highest BCUT2D eigenvalue weighted by Crippen LogP contribution is 2.49. The number of nitrogens with one attached hydrogen (secondary N) is 2. The van der Waals surface area contributed by atoms with Crippen LogP contribution in [0.5, 0.6) is 0 Å². The van der Waals surface area contributed by atoms with Crippen molar-refractivity contribution in [1.82, 2.24) is 10.6 Å². The van der Waals surface area contributed by atoms with Gasteiger partial charge in [0, 0.05) is 18.5 Å². The first-order valence-electron chi connectivity index (χ1n) is 7.17. The maximum Gasteiger partial charge on any atom is 0.223 e. The summed E-state index contributed by atoms with van der Waals surface area (Å²) in [5, 5.41) is 6.20. The quantitative estimate of drug-likeness (QED) is 0.768. The molecule has 0 aromatic heterocycles. The van der Waals surface area contributed by atoms with E-state index >= 15 is 0 Å². The molecular weight excluding hydrogens is 212 g/mol. The lowest BCUT2D eigenvalue weighted by atomic mass is 9.85. The van der Waals surface area contributed by atoms with Crippen LogP contribution in [-0.4, -0.2) is 25.5 Å². The van der Waals surface area contributed by atoms with Gasteiger partial charge in [0.05, 0.1) is 0 Å². The summed E-state index contributed by atoms with van der Waals surface area (Å²) < 4.78 is 0. The van der Waals surface area contributed by atoms with E-state index in [-0.39, 0.29) is 0 Å². The summed E-state index contributed by atoms with van der Waals surface area (Å²) in [6, 6.07) is 0.367. The van der Waals surface area contributed by atoms with E-state index in [0.29, 0.717) is 23.8 Å². The summed E-state index contributed by atoms with van der Waals surface area (Å²) >= 11 is 0. The van der Waals surface area contributed by atoms with Gasteiger partial charge in [-0.25, -0.2) is 0 Å². The van der Waals surface area contributed by atoms with Crippen LogP contribution in [0.4, 0.5) is 0 Å². The van der Waals surface area contributed by atoms with E-state index in [1.165, 1.54) is 32.1 Å². The number of amides is 1. The molecular formula is C14H26N2O. The van der Waals surface area contributed by atoms with Crippen LogP contribution in [0.3, 0.4) is 0 Å². The molecule has 17 heavy (non-hydrogen) atoms. The second-order valence-corrected chi connectivity index (χ2v) is 5.84. The Morgan fingerprint density at radius 1 is 1.29 bits per heavy atom. The molecule has 0 aromatic rings. The first-order chi connectivity index (χ1) is 8.22. The van der Waals surface area contributed by atoms with Crippen molar-refractivity contribution in [3.05, 3.63) is 0 Å². The molecule has 0 aliphatic heterocycles. The van der Waals surface area contributed by atoms with Crippen LogP contribution in [0.2, 0.25) is 0 Å². The van der Waals surface area contributed by atoms with Gasteiger partial charge in [0.2, 0.25) is 5.91 Å². The molecule has 0 spiro atoms. The second-order valence-electron chi connectivity index (χ2n) is 5.84. The van der Waals surface area contributed by atoms with E-state index in [4.69, 9.17) is 0 Å². The smallest absolute Gasteiger partial charge is 0.223 e. The van der Waals surface area contributed by atoms with Crippen molar-refractivity contribution < 1.29 is 4.79 Å². The number of hydrogen-bond acceptors (Lipinski definition) is 2. The molecule has 1 amide bonds. The predicted molar refractivity (Wildman–Crippen MR) is 69.7 cm³/mol. The number of hydrogen-bond donors (Lipinski definition) is 2. The maximum absolute atomic E-state index is 11.9. The molecule has 0 bridgehead atoms. The van der Waals surface area contributed by atoms with E-state index in [9.17, 15) is 4.79 Å². The molecule has 0 heterocycles. The van der Waals surface area contributed by atoms with Crippen molar-refractivity contribution >= 4 is 5.91 Å². The van der Waals surface area contributed by atoms with Gasteiger partial charge in [-0.3, -0.25) is 4.79 Å². The third-order valence-corrected chi connectivity index (χ3v) is 4.51. The van der Waals surface area contributed by atoms with Gasteiger partial charge in [-0.15, -0.1) is 0 Å². The molecule has 2 rings (SSSR count). The van der Waals surface area contributed by atoms with Gasteiger partial charge < -0.3 is 10.6 Å². The van der Waals surface area contributed by atoms with Crippen molar-refractivity contribution in [1.29, 1.82) is 0 Å². The van der Waals surface area contributed by atoms with Crippen molar-refractivity contribution in [2.75, 3.05) is 13.6 Å². The highest BCUT2D eigenvalue weighted by Gasteiger charge is 2.47. The highest BCUT2D eigenvalue weighted by molar-refractivity contribution is 5.81. The van der Waals surface area contributed by atoms with Gasteiger partial charge in [0.25, 0.3) is 0 Å². The number of likely N-dealkylation sites (N-methyl/N-ethyl adjacent to an activating group) is 1. The van der Waals surface area contributed by atoms with Crippen molar-refractivity contribution in [2.45, 2.75) is 51.5 Å². The molecule has 2 aliphatic rings. The fourth-order valence-electron chi connectivity index (χ4n) is 3.09. The van der Waals surface area contributed by atoms with Crippen LogP contribution in [0.25, 0.3) is 0 Å². The van der Waals surface area contributed by atoms with Crippen LogP contribution >= 0.6 is 0 Å². The Hall–Kier alpha value is -0.570. The number of carbonyl (C=O) groups excluding carboxylic acids is 1. The summed E-state index contributed by atoms with van der Waals surface area (Å²) in [5.74, 6) is 2.19. The summed E-state index contributed by atoms with van der Waals surface area (Å²) in [6.07, 6.45) is 8.03. The largest absolute Gasteiger partial charge is 0.354 e. The van der Waals surface area contributed by atoms with E-state index < -0.39 is 0 Å². The van der Waals surface area contributed by atoms with Gasteiger partial charge in [0.1, 0.15) is 0 Å². The third kappa shape index (κ3) is 3.44. The fourth-order valence-corrected chi connectivity index (χ4v) is 3.09. The molecule has 3 atom stereocenters. The van der Waals surface area contributed by atoms with Crippen molar-refractivity contribution in [3.8, 4) is 0 Å². The van der Waals surface area contributed by atoms with Gasteiger partial charge in [-0.2, -0.15) is 0 Å². The minimum absolute atomic E-state index is 0.294. The van der Waals surface area contributed by atoms with Gasteiger partial charge >= 0.3 is 0 Å². The minimum Gasteiger partial charge on any atom is -0.354 e. The molecule has 3 unspecified atom stereocenters. The molecule has 2 fully saturated rings. The topological polar surface area (TPSA) is 41.1 Å². The highest BCUT2D eigenvalue weighted by atomic mass is 16.2. The zero-order chi connectivity index (χ0) is 12.3. The van der Waals surface area contributed by atoms with E-state index in [1.54, 1.807) is 0 Å². The minimum atomic E-state index is 0.294. The lowest BCUT2D eigenvalue weighted by Gasteiger charge is -2.21. The average Bonchev–Trinajstić information content (AvgIpc) is 3.17. The third-order valence-electron chi connectivity index (χ3n) is 4.51. The maximum atomic E-state index is 11.9. The van der Waals surface area contributed by atoms with Crippen LogP contribution in [-0.2, 0) is 4.79 Å². The second kappa shape index (κ2) is 5.85. The van der Waals surface area contributed by atoms with Crippen LogP contribution in [0.1, 0.15) is 45.4 Å². The molecule has 3 heteroatoms. The summed E-state index contributed by atoms with van der Waals surface area (Å²) in [7, 11) is 1.93. The Kier molecular flexibility index (Phi) is 4.43. The summed E-state index contributed by atoms with van der Waals surface area (Å²) in [6.45, 7) is 2.84. The fraction of sp³-hybridized carbons (Fsp3) is 0.929. The standard InChI is InChI=1S/C14H26N2O/c1-10(15-2)9-16-14(17)13-8-12(13)11-6-4-3-5-7-11/h10-13,15H,3-9H2,1-2H3,(H,16,17). The van der Waals surface area contributed by atoms with Gasteiger partial charge in [-0.1, -0.05) is 32.1 Å². The molecule has 0 radical (unpaired) electrons. The zero-order valence-electron chi connectivity index (χ0n) is 11.2. The zero-order valence-corrected chi connectivity index (χ0v) is 11.2. The Bertz CT molecular complexity index is 261. The lowest BCUT2D eigenvalue weighted by Crippen LogP contribution is -2.38. The molecule has 2 saturated carbocycles. The average molecular weight is 238 g/mol. The van der Waals surface area contributed by atoms with Crippen LogP contribution in [0.15, 0.2) is 0 Å². The molecule has 98 valence electrons. The van der Waals surface area contributed by atoms with Gasteiger partial charge in [0.15, 0.2) is 0 Å². The molecule has 3 nitrogen and oxygen atoms in total. The molecule has 2 aliphatic carbocycles. The lowest BCUT2D eigenvalue weighted by molar-refractivity contribution is -0.122. The predicted octanol–water partition coefficient (Wildman–Crippen LogP) is 1.93. The molecule has 2 N–H and O–H groups in total. The summed E-state index contributed by atoms with van der Waals surface area (Å²) in [5.41, 5.74) is 0. The van der Waals surface area contributed by atoms with Crippen LogP contribution in [0, 0.1) is 17.8 Å². The van der Waals surface area contributed by atoms with Crippen molar-refractivity contribution in [3.63, 3.8) is 0 Å². The number of rotatable bonds is 5. The first-order valence-corrected chi connectivity index (χ1v) is 7.17. The monoisotopic (exact) mass is 238 g/mol. The normalized spacial score (nSPS) is 30.9. The molecule has 0 saturated heterocycles. The Balaban J connectivity index is 1.68. The SMILES string of the molecule is CNC(C)CNC(=O)C1CC1C1CCCCC1. The van der Waals surface area contributed by atoms with E-state index in [0.717, 1.165) is 18.9 Å². The van der Waals surface area contributed by atoms with Crippen LogP contribution < -0.4 is 10.6 Å². The van der Waals surface area contributed by atoms with E-state index in [1.807, 2.05) is 7.05 Å². The Morgan fingerprint density at radius 3 is 2.65 bits per heavy atom. The summed E-state index contributed by atoms with van der Waals surface area (Å²) in [4.78, 5) is 11.9. The van der Waals surface area contributed by atoms with Gasteiger partial charge in [-0.05, 0) is 32.2 Å². The molecule has 0 aromatic carbocycles. The van der Waals surface area contributed by atoms with E-state index in [2.05, 4.69) is 17.6 Å².